The highest BCUT2D eigenvalue weighted by atomic mass is 19.4. The maximum atomic E-state index is 12.5. The fourth-order valence-electron chi connectivity index (χ4n) is 1.25. The number of hydrogen-bond donors (Lipinski definition) is 2. The SMILES string of the molecule is Cc1cc(C(=O)N=C(N)N)cc(C(F)(F)F)c1. The molecule has 0 bridgehead atoms. The Balaban J connectivity index is 3.24. The van der Waals surface area contributed by atoms with E-state index in [0.717, 1.165) is 6.07 Å². The number of carbonyl (C=O) groups is 1. The van der Waals surface area contributed by atoms with E-state index in [1.807, 2.05) is 0 Å². The first-order chi connectivity index (χ1) is 7.70. The van der Waals surface area contributed by atoms with Crippen molar-refractivity contribution in [2.75, 3.05) is 0 Å². The molecule has 1 aromatic rings. The summed E-state index contributed by atoms with van der Waals surface area (Å²) in [5, 5.41) is 0. The van der Waals surface area contributed by atoms with E-state index in [2.05, 4.69) is 4.99 Å². The van der Waals surface area contributed by atoms with Crippen molar-refractivity contribution in [1.29, 1.82) is 0 Å². The van der Waals surface area contributed by atoms with Crippen LogP contribution in [-0.2, 0) is 6.18 Å². The monoisotopic (exact) mass is 245 g/mol. The molecule has 0 fully saturated rings. The van der Waals surface area contributed by atoms with Gasteiger partial charge < -0.3 is 11.5 Å². The van der Waals surface area contributed by atoms with Gasteiger partial charge in [0.25, 0.3) is 5.91 Å². The molecule has 0 spiro atoms. The molecule has 0 aromatic heterocycles. The Morgan fingerprint density at radius 2 is 1.82 bits per heavy atom. The third-order valence-electron chi connectivity index (χ3n) is 1.88. The smallest absolute Gasteiger partial charge is 0.370 e. The first-order valence-electron chi connectivity index (χ1n) is 4.53. The molecule has 0 radical (unpaired) electrons. The second-order valence-electron chi connectivity index (χ2n) is 3.43. The van der Waals surface area contributed by atoms with Crippen molar-refractivity contribution < 1.29 is 18.0 Å². The molecule has 0 aliphatic rings. The lowest BCUT2D eigenvalue weighted by Crippen LogP contribution is -2.24. The molecule has 4 N–H and O–H groups in total. The summed E-state index contributed by atoms with van der Waals surface area (Å²) in [5.41, 5.74) is 9.14. The van der Waals surface area contributed by atoms with Crippen molar-refractivity contribution >= 4 is 11.9 Å². The number of benzene rings is 1. The topological polar surface area (TPSA) is 81.5 Å². The number of aryl methyl sites for hydroxylation is 1. The maximum absolute atomic E-state index is 12.5. The van der Waals surface area contributed by atoms with Crippen LogP contribution in [0.3, 0.4) is 0 Å². The molecule has 17 heavy (non-hydrogen) atoms. The van der Waals surface area contributed by atoms with Gasteiger partial charge in [-0.25, -0.2) is 0 Å². The quantitative estimate of drug-likeness (QED) is 0.580. The highest BCUT2D eigenvalue weighted by molar-refractivity contribution is 6.02. The van der Waals surface area contributed by atoms with Crippen molar-refractivity contribution in [2.24, 2.45) is 16.5 Å². The second kappa shape index (κ2) is 4.44. The van der Waals surface area contributed by atoms with Crippen molar-refractivity contribution in [1.82, 2.24) is 0 Å². The van der Waals surface area contributed by atoms with E-state index in [4.69, 9.17) is 11.5 Å². The zero-order valence-corrected chi connectivity index (χ0v) is 8.88. The van der Waals surface area contributed by atoms with Gasteiger partial charge in [0.15, 0.2) is 5.96 Å². The number of carbonyl (C=O) groups excluding carboxylic acids is 1. The molecular weight excluding hydrogens is 235 g/mol. The largest absolute Gasteiger partial charge is 0.416 e. The van der Waals surface area contributed by atoms with Crippen molar-refractivity contribution in [3.05, 3.63) is 34.9 Å². The number of nitrogens with two attached hydrogens (primary N) is 2. The Kier molecular flexibility index (Phi) is 3.40. The molecule has 1 amide bonds. The summed E-state index contributed by atoms with van der Waals surface area (Å²) in [6, 6.07) is 2.93. The van der Waals surface area contributed by atoms with E-state index in [1.165, 1.54) is 13.0 Å². The van der Waals surface area contributed by atoms with Gasteiger partial charge in [-0.2, -0.15) is 18.2 Å². The van der Waals surface area contributed by atoms with Crippen LogP contribution < -0.4 is 11.5 Å². The summed E-state index contributed by atoms with van der Waals surface area (Å²) in [6.45, 7) is 1.45. The molecule has 0 saturated carbocycles. The Hall–Kier alpha value is -2.05. The molecule has 0 saturated heterocycles. The van der Waals surface area contributed by atoms with Gasteiger partial charge in [0, 0.05) is 5.56 Å². The highest BCUT2D eigenvalue weighted by Crippen LogP contribution is 2.30. The molecule has 0 aliphatic carbocycles. The van der Waals surface area contributed by atoms with Crippen LogP contribution in [-0.4, -0.2) is 11.9 Å². The zero-order chi connectivity index (χ0) is 13.2. The van der Waals surface area contributed by atoms with Crippen LogP contribution in [0, 0.1) is 6.92 Å². The summed E-state index contributed by atoms with van der Waals surface area (Å²) >= 11 is 0. The molecule has 7 heteroatoms. The van der Waals surface area contributed by atoms with Gasteiger partial charge in [0.05, 0.1) is 5.56 Å². The number of alkyl halides is 3. The summed E-state index contributed by atoms with van der Waals surface area (Å²) in [5.74, 6) is -1.40. The normalized spacial score (nSPS) is 11.1. The minimum atomic E-state index is -4.51. The second-order valence-corrected chi connectivity index (χ2v) is 3.43. The molecular formula is C10H10F3N3O. The van der Waals surface area contributed by atoms with Gasteiger partial charge in [-0.15, -0.1) is 0 Å². The third kappa shape index (κ3) is 3.47. The molecule has 92 valence electrons. The number of amides is 1. The summed E-state index contributed by atoms with van der Waals surface area (Å²) in [6.07, 6.45) is -4.51. The van der Waals surface area contributed by atoms with E-state index in [0.29, 0.717) is 11.6 Å². The first-order valence-corrected chi connectivity index (χ1v) is 4.53. The maximum Gasteiger partial charge on any atom is 0.416 e. The number of hydrogen-bond acceptors (Lipinski definition) is 1. The molecule has 0 aliphatic heterocycles. The van der Waals surface area contributed by atoms with Gasteiger partial charge in [0.2, 0.25) is 0 Å². The minimum Gasteiger partial charge on any atom is -0.370 e. The summed E-state index contributed by atoms with van der Waals surface area (Å²) in [4.78, 5) is 14.5. The number of halogens is 3. The van der Waals surface area contributed by atoms with Gasteiger partial charge in [-0.3, -0.25) is 4.79 Å². The lowest BCUT2D eigenvalue weighted by Gasteiger charge is -2.08. The number of aliphatic imine (C=N–C) groups is 1. The first kappa shape index (κ1) is 13.0. The van der Waals surface area contributed by atoms with Gasteiger partial charge >= 0.3 is 6.18 Å². The van der Waals surface area contributed by atoms with Gasteiger partial charge in [-0.05, 0) is 30.7 Å². The summed E-state index contributed by atoms with van der Waals surface area (Å²) in [7, 11) is 0. The molecule has 1 aromatic carbocycles. The van der Waals surface area contributed by atoms with E-state index in [-0.39, 0.29) is 5.56 Å². The molecule has 0 atom stereocenters. The third-order valence-corrected chi connectivity index (χ3v) is 1.88. The van der Waals surface area contributed by atoms with E-state index in [9.17, 15) is 18.0 Å². The van der Waals surface area contributed by atoms with Crippen LogP contribution in [0.4, 0.5) is 13.2 Å². The average Bonchev–Trinajstić information content (AvgIpc) is 2.14. The molecule has 0 unspecified atom stereocenters. The Labute approximate surface area is 95.1 Å². The molecule has 0 heterocycles. The number of nitrogens with zero attached hydrogens (tertiary/aromatic N) is 1. The average molecular weight is 245 g/mol. The lowest BCUT2D eigenvalue weighted by atomic mass is 10.1. The Morgan fingerprint density at radius 1 is 1.24 bits per heavy atom. The Bertz CT molecular complexity index is 476. The van der Waals surface area contributed by atoms with Crippen molar-refractivity contribution in [3.63, 3.8) is 0 Å². The van der Waals surface area contributed by atoms with Crippen LogP contribution in [0.2, 0.25) is 0 Å². The van der Waals surface area contributed by atoms with E-state index in [1.54, 1.807) is 0 Å². The van der Waals surface area contributed by atoms with Crippen LogP contribution >= 0.6 is 0 Å². The molecule has 4 nitrogen and oxygen atoms in total. The van der Waals surface area contributed by atoms with Crippen LogP contribution in [0.15, 0.2) is 23.2 Å². The predicted molar refractivity (Wildman–Crippen MR) is 56.3 cm³/mol. The van der Waals surface area contributed by atoms with Crippen LogP contribution in [0.25, 0.3) is 0 Å². The predicted octanol–water partition coefficient (Wildman–Crippen LogP) is 1.43. The van der Waals surface area contributed by atoms with Crippen molar-refractivity contribution in [2.45, 2.75) is 13.1 Å². The number of guanidine groups is 1. The minimum absolute atomic E-state index is 0.203. The van der Waals surface area contributed by atoms with E-state index >= 15 is 0 Å². The highest BCUT2D eigenvalue weighted by Gasteiger charge is 2.31. The zero-order valence-electron chi connectivity index (χ0n) is 8.88. The van der Waals surface area contributed by atoms with E-state index < -0.39 is 23.6 Å². The standard InChI is InChI=1S/C10H10F3N3O/c1-5-2-6(8(17)16-9(14)15)4-7(3-5)10(11,12)13/h2-4H,1H3,(H4,14,15,16,17). The summed E-state index contributed by atoms with van der Waals surface area (Å²) < 4.78 is 37.4. The Morgan fingerprint density at radius 3 is 2.29 bits per heavy atom. The fourth-order valence-corrected chi connectivity index (χ4v) is 1.25. The van der Waals surface area contributed by atoms with Crippen LogP contribution in [0.1, 0.15) is 21.5 Å². The van der Waals surface area contributed by atoms with Crippen LogP contribution in [0.5, 0.6) is 0 Å². The number of rotatable bonds is 1. The van der Waals surface area contributed by atoms with Gasteiger partial charge in [-0.1, -0.05) is 0 Å². The molecule has 1 rings (SSSR count). The van der Waals surface area contributed by atoms with Gasteiger partial charge in [0.1, 0.15) is 0 Å². The van der Waals surface area contributed by atoms with Crippen molar-refractivity contribution in [3.8, 4) is 0 Å². The fraction of sp³-hybridized carbons (Fsp3) is 0.200. The lowest BCUT2D eigenvalue weighted by molar-refractivity contribution is -0.137.